The summed E-state index contributed by atoms with van der Waals surface area (Å²) in [6.45, 7) is 0.278. The van der Waals surface area contributed by atoms with Crippen LogP contribution < -0.4 is 4.74 Å². The molecule has 1 N–H and O–H groups in total. The summed E-state index contributed by atoms with van der Waals surface area (Å²) in [7, 11) is 1.60. The molecule has 3 rings (SSSR count). The SMILES string of the molecule is COc1ccc(C(O)Cn2cc(-c3ccc(F)cc3)nn2)cc1. The molecule has 0 aliphatic heterocycles. The van der Waals surface area contributed by atoms with Gasteiger partial charge in [-0.25, -0.2) is 9.07 Å². The molecule has 5 nitrogen and oxygen atoms in total. The Hall–Kier alpha value is -2.73. The topological polar surface area (TPSA) is 60.2 Å². The van der Waals surface area contributed by atoms with Crippen molar-refractivity contribution in [3.05, 3.63) is 66.1 Å². The zero-order chi connectivity index (χ0) is 16.2. The minimum atomic E-state index is -0.705. The molecule has 0 fully saturated rings. The Morgan fingerprint density at radius 1 is 1.13 bits per heavy atom. The molecule has 1 atom stereocenters. The van der Waals surface area contributed by atoms with Crippen molar-refractivity contribution in [2.75, 3.05) is 7.11 Å². The molecule has 0 bridgehead atoms. The number of benzene rings is 2. The first-order chi connectivity index (χ1) is 11.2. The molecule has 0 aliphatic rings. The maximum absolute atomic E-state index is 12.9. The lowest BCUT2D eigenvalue weighted by Gasteiger charge is -2.11. The summed E-state index contributed by atoms with van der Waals surface area (Å²) in [6, 6.07) is 13.2. The summed E-state index contributed by atoms with van der Waals surface area (Å²) in [5.41, 5.74) is 2.17. The molecular formula is C17H16FN3O2. The number of ether oxygens (including phenoxy) is 1. The number of rotatable bonds is 5. The van der Waals surface area contributed by atoms with Crippen LogP contribution in [0, 0.1) is 5.82 Å². The number of hydrogen-bond donors (Lipinski definition) is 1. The number of hydrogen-bond acceptors (Lipinski definition) is 4. The van der Waals surface area contributed by atoms with E-state index in [0.717, 1.165) is 16.9 Å². The van der Waals surface area contributed by atoms with Crippen LogP contribution in [0.15, 0.2) is 54.7 Å². The second-order valence-electron chi connectivity index (χ2n) is 5.12. The van der Waals surface area contributed by atoms with E-state index in [1.807, 2.05) is 0 Å². The lowest BCUT2D eigenvalue weighted by molar-refractivity contribution is 0.150. The molecule has 1 heterocycles. The first-order valence-electron chi connectivity index (χ1n) is 7.14. The molecule has 3 aromatic rings. The van der Waals surface area contributed by atoms with Crippen molar-refractivity contribution in [3.8, 4) is 17.0 Å². The molecule has 118 valence electrons. The second-order valence-corrected chi connectivity index (χ2v) is 5.12. The van der Waals surface area contributed by atoms with Crippen molar-refractivity contribution in [2.24, 2.45) is 0 Å². The fraction of sp³-hybridized carbons (Fsp3) is 0.176. The summed E-state index contributed by atoms with van der Waals surface area (Å²) in [5, 5.41) is 18.3. The Morgan fingerprint density at radius 3 is 2.48 bits per heavy atom. The molecular weight excluding hydrogens is 297 g/mol. The van der Waals surface area contributed by atoms with E-state index in [4.69, 9.17) is 4.74 Å². The van der Waals surface area contributed by atoms with Gasteiger partial charge in [-0.2, -0.15) is 0 Å². The molecule has 6 heteroatoms. The largest absolute Gasteiger partial charge is 0.497 e. The molecule has 0 saturated carbocycles. The van der Waals surface area contributed by atoms with E-state index in [1.165, 1.54) is 12.1 Å². The molecule has 0 spiro atoms. The van der Waals surface area contributed by atoms with Crippen molar-refractivity contribution in [1.29, 1.82) is 0 Å². The highest BCUT2D eigenvalue weighted by molar-refractivity contribution is 5.57. The van der Waals surface area contributed by atoms with E-state index in [2.05, 4.69) is 10.3 Å². The smallest absolute Gasteiger partial charge is 0.123 e. The van der Waals surface area contributed by atoms with Crippen molar-refractivity contribution in [2.45, 2.75) is 12.6 Å². The van der Waals surface area contributed by atoms with E-state index in [9.17, 15) is 9.50 Å². The van der Waals surface area contributed by atoms with E-state index >= 15 is 0 Å². The average molecular weight is 313 g/mol. The third-order valence-electron chi connectivity index (χ3n) is 3.54. The number of aliphatic hydroxyl groups excluding tert-OH is 1. The van der Waals surface area contributed by atoms with E-state index < -0.39 is 6.10 Å². The van der Waals surface area contributed by atoms with Gasteiger partial charge < -0.3 is 9.84 Å². The van der Waals surface area contributed by atoms with Crippen LogP contribution in [0.1, 0.15) is 11.7 Å². The monoisotopic (exact) mass is 313 g/mol. The molecule has 1 unspecified atom stereocenters. The predicted octanol–water partition coefficient (Wildman–Crippen LogP) is 2.83. The standard InChI is InChI=1S/C17H16FN3O2/c1-23-15-8-4-13(5-9-15)17(22)11-21-10-16(19-20-21)12-2-6-14(18)7-3-12/h2-10,17,22H,11H2,1H3. The van der Waals surface area contributed by atoms with Crippen LogP contribution in [0.5, 0.6) is 5.75 Å². The zero-order valence-corrected chi connectivity index (χ0v) is 12.6. The Morgan fingerprint density at radius 2 is 1.83 bits per heavy atom. The minimum absolute atomic E-state index is 0.278. The minimum Gasteiger partial charge on any atom is -0.497 e. The third-order valence-corrected chi connectivity index (χ3v) is 3.54. The predicted molar refractivity (Wildman–Crippen MR) is 83.4 cm³/mol. The molecule has 23 heavy (non-hydrogen) atoms. The first-order valence-corrected chi connectivity index (χ1v) is 7.14. The molecule has 2 aromatic carbocycles. The zero-order valence-electron chi connectivity index (χ0n) is 12.6. The van der Waals surface area contributed by atoms with Gasteiger partial charge in [-0.1, -0.05) is 17.3 Å². The first kappa shape index (κ1) is 15.2. The lowest BCUT2D eigenvalue weighted by Crippen LogP contribution is -2.09. The van der Waals surface area contributed by atoms with Crippen molar-refractivity contribution in [1.82, 2.24) is 15.0 Å². The number of nitrogens with zero attached hydrogens (tertiary/aromatic N) is 3. The van der Waals surface area contributed by atoms with Gasteiger partial charge in [0, 0.05) is 5.56 Å². The quantitative estimate of drug-likeness (QED) is 0.787. The maximum Gasteiger partial charge on any atom is 0.123 e. The van der Waals surface area contributed by atoms with Crippen LogP contribution in [0.25, 0.3) is 11.3 Å². The average Bonchev–Trinajstić information content (AvgIpc) is 3.04. The molecule has 1 aromatic heterocycles. The van der Waals surface area contributed by atoms with Gasteiger partial charge in [-0.15, -0.1) is 5.10 Å². The highest BCUT2D eigenvalue weighted by Crippen LogP contribution is 2.20. The molecule has 0 saturated heterocycles. The van der Waals surface area contributed by atoms with Gasteiger partial charge in [0.2, 0.25) is 0 Å². The Kier molecular flexibility index (Phi) is 4.34. The van der Waals surface area contributed by atoms with Crippen LogP contribution in [0.2, 0.25) is 0 Å². The van der Waals surface area contributed by atoms with Crippen LogP contribution >= 0.6 is 0 Å². The van der Waals surface area contributed by atoms with Gasteiger partial charge in [0.25, 0.3) is 0 Å². The summed E-state index contributed by atoms with van der Waals surface area (Å²) in [5.74, 6) is 0.441. The van der Waals surface area contributed by atoms with Crippen molar-refractivity contribution >= 4 is 0 Å². The van der Waals surface area contributed by atoms with Crippen LogP contribution in [0.4, 0.5) is 4.39 Å². The summed E-state index contributed by atoms with van der Waals surface area (Å²) >= 11 is 0. The van der Waals surface area contributed by atoms with Gasteiger partial charge in [0.15, 0.2) is 0 Å². The summed E-state index contributed by atoms with van der Waals surface area (Å²) in [4.78, 5) is 0. The molecule has 0 amide bonds. The van der Waals surface area contributed by atoms with E-state index in [-0.39, 0.29) is 12.4 Å². The van der Waals surface area contributed by atoms with Crippen molar-refractivity contribution < 1.29 is 14.2 Å². The normalized spacial score (nSPS) is 12.1. The highest BCUT2D eigenvalue weighted by Gasteiger charge is 2.11. The molecule has 0 radical (unpaired) electrons. The van der Waals surface area contributed by atoms with Crippen LogP contribution in [-0.4, -0.2) is 27.2 Å². The number of halogens is 1. The Balaban J connectivity index is 1.71. The van der Waals surface area contributed by atoms with Gasteiger partial charge in [-0.05, 0) is 42.0 Å². The lowest BCUT2D eigenvalue weighted by atomic mass is 10.1. The van der Waals surface area contributed by atoms with E-state index in [0.29, 0.717) is 5.69 Å². The number of methoxy groups -OCH3 is 1. The van der Waals surface area contributed by atoms with Crippen LogP contribution in [-0.2, 0) is 6.54 Å². The fourth-order valence-electron chi connectivity index (χ4n) is 2.25. The molecule has 0 aliphatic carbocycles. The number of aromatic nitrogens is 3. The fourth-order valence-corrected chi connectivity index (χ4v) is 2.25. The van der Waals surface area contributed by atoms with Gasteiger partial charge >= 0.3 is 0 Å². The van der Waals surface area contributed by atoms with Crippen LogP contribution in [0.3, 0.4) is 0 Å². The maximum atomic E-state index is 12.9. The second kappa shape index (κ2) is 6.58. The van der Waals surface area contributed by atoms with Crippen molar-refractivity contribution in [3.63, 3.8) is 0 Å². The Labute approximate surface area is 133 Å². The highest BCUT2D eigenvalue weighted by atomic mass is 19.1. The summed E-state index contributed by atoms with van der Waals surface area (Å²) in [6.07, 6.45) is 1.02. The van der Waals surface area contributed by atoms with Gasteiger partial charge in [0.1, 0.15) is 17.3 Å². The summed E-state index contributed by atoms with van der Waals surface area (Å²) < 4.78 is 19.6. The van der Waals surface area contributed by atoms with E-state index in [1.54, 1.807) is 54.4 Å². The third kappa shape index (κ3) is 3.54. The number of aliphatic hydroxyl groups is 1. The Bertz CT molecular complexity index is 769. The van der Waals surface area contributed by atoms with Gasteiger partial charge in [0.05, 0.1) is 26.0 Å². The van der Waals surface area contributed by atoms with Gasteiger partial charge in [-0.3, -0.25) is 0 Å².